The van der Waals surface area contributed by atoms with Gasteiger partial charge in [0.05, 0.1) is 12.5 Å². The van der Waals surface area contributed by atoms with Gasteiger partial charge in [-0.2, -0.15) is 0 Å². The summed E-state index contributed by atoms with van der Waals surface area (Å²) in [7, 11) is 0. The number of benzene rings is 2. The Hall–Kier alpha value is -2.42. The van der Waals surface area contributed by atoms with Crippen molar-refractivity contribution >= 4 is 11.8 Å². The van der Waals surface area contributed by atoms with Crippen LogP contribution in [0.2, 0.25) is 0 Å². The van der Waals surface area contributed by atoms with Crippen molar-refractivity contribution in [2.75, 3.05) is 6.61 Å². The third-order valence-electron chi connectivity index (χ3n) is 3.21. The van der Waals surface area contributed by atoms with Gasteiger partial charge in [-0.05, 0) is 18.1 Å². The van der Waals surface area contributed by atoms with Crippen LogP contribution in [0.25, 0.3) is 0 Å². The molecule has 2 rings (SSSR count). The SMILES string of the molecule is CCOC(=O)CC(=O)C(c1ccccc1)c1ccccc1. The second-order valence-corrected chi connectivity index (χ2v) is 4.70. The molecule has 0 heterocycles. The maximum absolute atomic E-state index is 12.5. The lowest BCUT2D eigenvalue weighted by atomic mass is 9.86. The monoisotopic (exact) mass is 282 g/mol. The number of hydrogen-bond donors (Lipinski definition) is 0. The molecule has 0 atom stereocenters. The van der Waals surface area contributed by atoms with Gasteiger partial charge in [-0.15, -0.1) is 0 Å². The van der Waals surface area contributed by atoms with Crippen LogP contribution in [0.15, 0.2) is 60.7 Å². The highest BCUT2D eigenvalue weighted by molar-refractivity contribution is 6.00. The molecule has 0 unspecified atom stereocenters. The van der Waals surface area contributed by atoms with Gasteiger partial charge in [-0.1, -0.05) is 60.7 Å². The lowest BCUT2D eigenvalue weighted by Crippen LogP contribution is -2.19. The molecule has 0 saturated heterocycles. The van der Waals surface area contributed by atoms with Gasteiger partial charge in [0.1, 0.15) is 6.42 Å². The van der Waals surface area contributed by atoms with Crippen LogP contribution >= 0.6 is 0 Å². The van der Waals surface area contributed by atoms with E-state index in [9.17, 15) is 9.59 Å². The first-order valence-corrected chi connectivity index (χ1v) is 7.00. The van der Waals surface area contributed by atoms with E-state index in [0.29, 0.717) is 0 Å². The Morgan fingerprint density at radius 3 is 1.81 bits per heavy atom. The van der Waals surface area contributed by atoms with E-state index in [1.54, 1.807) is 6.92 Å². The molecule has 21 heavy (non-hydrogen) atoms. The summed E-state index contributed by atoms with van der Waals surface area (Å²) in [6, 6.07) is 19.0. The smallest absolute Gasteiger partial charge is 0.313 e. The number of rotatable bonds is 6. The number of hydrogen-bond acceptors (Lipinski definition) is 3. The molecule has 3 nitrogen and oxygen atoms in total. The molecular weight excluding hydrogens is 264 g/mol. The summed E-state index contributed by atoms with van der Waals surface area (Å²) in [5, 5.41) is 0. The zero-order chi connectivity index (χ0) is 15.1. The van der Waals surface area contributed by atoms with Gasteiger partial charge in [-0.3, -0.25) is 9.59 Å². The molecule has 0 spiro atoms. The Kier molecular flexibility index (Phi) is 5.27. The third-order valence-corrected chi connectivity index (χ3v) is 3.21. The van der Waals surface area contributed by atoms with Crippen molar-refractivity contribution in [3.63, 3.8) is 0 Å². The summed E-state index contributed by atoms with van der Waals surface area (Å²) in [6.07, 6.45) is -0.206. The van der Waals surface area contributed by atoms with Gasteiger partial charge in [0, 0.05) is 0 Å². The molecule has 0 amide bonds. The van der Waals surface area contributed by atoms with Gasteiger partial charge in [0.15, 0.2) is 5.78 Å². The summed E-state index contributed by atoms with van der Waals surface area (Å²) in [6.45, 7) is 2.02. The van der Waals surface area contributed by atoms with Crippen LogP contribution in [0.1, 0.15) is 30.4 Å². The number of ketones is 1. The van der Waals surface area contributed by atoms with Crippen LogP contribution in [-0.2, 0) is 14.3 Å². The van der Waals surface area contributed by atoms with Gasteiger partial charge < -0.3 is 4.74 Å². The predicted octanol–water partition coefficient (Wildman–Crippen LogP) is 3.34. The second-order valence-electron chi connectivity index (χ2n) is 4.70. The molecule has 0 aliphatic heterocycles. The number of Topliss-reactive ketones (excluding diaryl/α,β-unsaturated/α-hetero) is 1. The van der Waals surface area contributed by atoms with E-state index in [0.717, 1.165) is 11.1 Å². The lowest BCUT2D eigenvalue weighted by molar-refractivity contribution is -0.145. The Bertz CT molecular complexity index is 551. The minimum Gasteiger partial charge on any atom is -0.466 e. The maximum atomic E-state index is 12.5. The van der Waals surface area contributed by atoms with E-state index in [1.807, 2.05) is 60.7 Å². The largest absolute Gasteiger partial charge is 0.466 e. The molecule has 0 bridgehead atoms. The first-order chi connectivity index (χ1) is 10.2. The van der Waals surface area contributed by atoms with E-state index in [1.165, 1.54) is 0 Å². The van der Waals surface area contributed by atoms with E-state index in [4.69, 9.17) is 4.74 Å². The van der Waals surface area contributed by atoms with Crippen molar-refractivity contribution in [1.29, 1.82) is 0 Å². The molecule has 3 heteroatoms. The molecule has 0 fully saturated rings. The molecular formula is C18H18O3. The minimum absolute atomic E-state index is 0.147. The molecule has 0 aliphatic rings. The average Bonchev–Trinajstić information content (AvgIpc) is 2.50. The first kappa shape index (κ1) is 15.0. The molecule has 0 saturated carbocycles. The summed E-state index contributed by atoms with van der Waals surface area (Å²) in [5.74, 6) is -1.05. The number of carbonyl (C=O) groups is 2. The van der Waals surface area contributed by atoms with E-state index in [2.05, 4.69) is 0 Å². The first-order valence-electron chi connectivity index (χ1n) is 7.00. The number of esters is 1. The topological polar surface area (TPSA) is 43.4 Å². The zero-order valence-electron chi connectivity index (χ0n) is 12.0. The number of carbonyl (C=O) groups excluding carboxylic acids is 2. The van der Waals surface area contributed by atoms with Crippen molar-refractivity contribution in [2.24, 2.45) is 0 Å². The van der Waals surface area contributed by atoms with Crippen molar-refractivity contribution in [1.82, 2.24) is 0 Å². The van der Waals surface area contributed by atoms with Gasteiger partial charge in [-0.25, -0.2) is 0 Å². The lowest BCUT2D eigenvalue weighted by Gasteiger charge is -2.16. The van der Waals surface area contributed by atoms with Crippen molar-refractivity contribution in [3.8, 4) is 0 Å². The Morgan fingerprint density at radius 1 is 0.905 bits per heavy atom. The molecule has 0 aliphatic carbocycles. The average molecular weight is 282 g/mol. The molecule has 0 aromatic heterocycles. The second kappa shape index (κ2) is 7.39. The fourth-order valence-corrected chi connectivity index (χ4v) is 2.31. The molecule has 2 aromatic carbocycles. The number of ether oxygens (including phenoxy) is 1. The van der Waals surface area contributed by atoms with Crippen LogP contribution in [0.4, 0.5) is 0 Å². The molecule has 2 aromatic rings. The van der Waals surface area contributed by atoms with Crippen molar-refractivity contribution in [3.05, 3.63) is 71.8 Å². The minimum atomic E-state index is -0.473. The van der Waals surface area contributed by atoms with E-state index < -0.39 is 11.9 Å². The summed E-state index contributed by atoms with van der Waals surface area (Å²) in [5.41, 5.74) is 1.77. The van der Waals surface area contributed by atoms with Crippen LogP contribution < -0.4 is 0 Å². The quantitative estimate of drug-likeness (QED) is 0.603. The Labute approximate surface area is 124 Å². The van der Waals surface area contributed by atoms with Crippen molar-refractivity contribution in [2.45, 2.75) is 19.3 Å². The maximum Gasteiger partial charge on any atom is 0.313 e. The molecule has 0 N–H and O–H groups in total. The van der Waals surface area contributed by atoms with Gasteiger partial charge >= 0.3 is 5.97 Å². The van der Waals surface area contributed by atoms with E-state index in [-0.39, 0.29) is 18.8 Å². The van der Waals surface area contributed by atoms with Crippen LogP contribution in [0.5, 0.6) is 0 Å². The molecule has 0 radical (unpaired) electrons. The Morgan fingerprint density at radius 2 is 1.38 bits per heavy atom. The predicted molar refractivity (Wildman–Crippen MR) is 81.0 cm³/mol. The van der Waals surface area contributed by atoms with Crippen LogP contribution in [0.3, 0.4) is 0 Å². The Balaban J connectivity index is 2.29. The fraction of sp³-hybridized carbons (Fsp3) is 0.222. The standard InChI is InChI=1S/C18H18O3/c1-2-21-17(20)13-16(19)18(14-9-5-3-6-10-14)15-11-7-4-8-12-15/h3-12,18H,2,13H2,1H3. The van der Waals surface area contributed by atoms with Crippen LogP contribution in [-0.4, -0.2) is 18.4 Å². The van der Waals surface area contributed by atoms with E-state index >= 15 is 0 Å². The van der Waals surface area contributed by atoms with Gasteiger partial charge in [0.2, 0.25) is 0 Å². The van der Waals surface area contributed by atoms with Crippen molar-refractivity contribution < 1.29 is 14.3 Å². The highest BCUT2D eigenvalue weighted by atomic mass is 16.5. The summed E-state index contributed by atoms with van der Waals surface area (Å²) < 4.78 is 4.87. The summed E-state index contributed by atoms with van der Waals surface area (Å²) >= 11 is 0. The molecule has 108 valence electrons. The normalized spacial score (nSPS) is 10.4. The highest BCUT2D eigenvalue weighted by Crippen LogP contribution is 2.26. The fourth-order valence-electron chi connectivity index (χ4n) is 2.31. The summed E-state index contributed by atoms with van der Waals surface area (Å²) in [4.78, 5) is 24.1. The third kappa shape index (κ3) is 4.02. The van der Waals surface area contributed by atoms with Crippen LogP contribution in [0, 0.1) is 0 Å². The van der Waals surface area contributed by atoms with Gasteiger partial charge in [0.25, 0.3) is 0 Å². The zero-order valence-corrected chi connectivity index (χ0v) is 12.0. The highest BCUT2D eigenvalue weighted by Gasteiger charge is 2.24.